The van der Waals surface area contributed by atoms with Crippen LogP contribution in [-0.2, 0) is 15.0 Å². The Balaban J connectivity index is 2.04. The molecule has 9 nitrogen and oxygen atoms in total. The number of nitrogens with zero attached hydrogens (tertiary/aromatic N) is 2. The number of halogens is 1. The summed E-state index contributed by atoms with van der Waals surface area (Å²) in [6.45, 7) is -0.653. The van der Waals surface area contributed by atoms with E-state index in [1.807, 2.05) is 0 Å². The lowest BCUT2D eigenvalue weighted by molar-refractivity contribution is -0.117. The molecule has 1 saturated heterocycles. The highest BCUT2D eigenvalue weighted by Gasteiger charge is 2.38. The first-order valence-electron chi connectivity index (χ1n) is 6.73. The van der Waals surface area contributed by atoms with Gasteiger partial charge in [-0.1, -0.05) is 6.08 Å². The van der Waals surface area contributed by atoms with Crippen LogP contribution in [0.25, 0.3) is 5.57 Å². The molecule has 0 spiro atoms. The van der Waals surface area contributed by atoms with E-state index in [2.05, 4.69) is 0 Å². The number of anilines is 1. The van der Waals surface area contributed by atoms with Gasteiger partial charge in [0.2, 0.25) is 0 Å². The smallest absolute Gasteiger partial charge is 0.407 e. The van der Waals surface area contributed by atoms with Crippen LogP contribution in [0.15, 0.2) is 18.2 Å². The summed E-state index contributed by atoms with van der Waals surface area (Å²) in [6, 6.07) is 2.32. The molecule has 0 bridgehead atoms. The molecule has 1 aromatic carbocycles. The number of rotatable bonds is 2. The molecule has 11 heteroatoms. The number of benzene rings is 1. The van der Waals surface area contributed by atoms with Crippen molar-refractivity contribution in [2.45, 2.75) is 0 Å². The van der Waals surface area contributed by atoms with Crippen LogP contribution < -0.4 is 9.03 Å². The Labute approximate surface area is 135 Å². The van der Waals surface area contributed by atoms with Crippen molar-refractivity contribution in [1.82, 2.24) is 9.62 Å². The second-order valence-electron chi connectivity index (χ2n) is 5.22. The number of carboxylic acid groups (broad SMARTS) is 1. The second-order valence-corrected chi connectivity index (χ2v) is 6.82. The highest BCUT2D eigenvalue weighted by Crippen LogP contribution is 2.38. The van der Waals surface area contributed by atoms with Crippen LogP contribution in [-0.4, -0.2) is 55.2 Å². The van der Waals surface area contributed by atoms with Gasteiger partial charge < -0.3 is 15.1 Å². The molecule has 2 amide bonds. The highest BCUT2D eigenvalue weighted by molar-refractivity contribution is 7.92. The summed E-state index contributed by atoms with van der Waals surface area (Å²) in [6.07, 6.45) is 0.326. The number of nitrogens with one attached hydrogen (secondary N) is 1. The van der Waals surface area contributed by atoms with Crippen molar-refractivity contribution >= 4 is 33.5 Å². The number of carbonyl (C=O) groups excluding carboxylic acids is 1. The molecule has 128 valence electrons. The standard InChI is InChI=1S/C13H12FN3O6S/c14-11-8(7-3-4-16(5-7)13(20)21)1-2-9(18)12(11)17-6-10(19)15-24(17,22)23/h1-3,18H,4-6H2,(H,15,19)(H,20,21). The van der Waals surface area contributed by atoms with Crippen LogP contribution in [0.1, 0.15) is 5.56 Å². The Bertz CT molecular complexity index is 882. The Kier molecular flexibility index (Phi) is 3.59. The van der Waals surface area contributed by atoms with Gasteiger partial charge in [-0.15, -0.1) is 0 Å². The van der Waals surface area contributed by atoms with Gasteiger partial charge >= 0.3 is 16.3 Å². The number of phenols is 1. The molecular weight excluding hydrogens is 345 g/mol. The topological polar surface area (TPSA) is 127 Å². The number of carbonyl (C=O) groups is 2. The summed E-state index contributed by atoms with van der Waals surface area (Å²) in [4.78, 5) is 23.3. The van der Waals surface area contributed by atoms with Crippen LogP contribution in [0.3, 0.4) is 0 Å². The molecule has 1 aromatic rings. The molecule has 0 unspecified atom stereocenters. The van der Waals surface area contributed by atoms with Gasteiger partial charge in [0, 0.05) is 18.7 Å². The number of hydrogen-bond acceptors (Lipinski definition) is 5. The van der Waals surface area contributed by atoms with Gasteiger partial charge in [0.25, 0.3) is 5.91 Å². The van der Waals surface area contributed by atoms with E-state index in [-0.39, 0.29) is 18.7 Å². The van der Waals surface area contributed by atoms with E-state index in [4.69, 9.17) is 5.11 Å². The molecule has 2 aliphatic heterocycles. The average molecular weight is 357 g/mol. The molecule has 0 radical (unpaired) electrons. The van der Waals surface area contributed by atoms with Crippen LogP contribution in [0.5, 0.6) is 5.75 Å². The highest BCUT2D eigenvalue weighted by atomic mass is 32.2. The Morgan fingerprint density at radius 3 is 2.54 bits per heavy atom. The van der Waals surface area contributed by atoms with E-state index in [0.717, 1.165) is 11.0 Å². The van der Waals surface area contributed by atoms with Crippen LogP contribution in [0, 0.1) is 5.82 Å². The quantitative estimate of drug-likeness (QED) is 0.688. The largest absolute Gasteiger partial charge is 0.506 e. The number of hydrogen-bond donors (Lipinski definition) is 3. The van der Waals surface area contributed by atoms with Gasteiger partial charge in [0.15, 0.2) is 5.82 Å². The maximum absolute atomic E-state index is 14.8. The molecule has 0 saturated carbocycles. The first-order chi connectivity index (χ1) is 11.2. The Morgan fingerprint density at radius 1 is 1.29 bits per heavy atom. The van der Waals surface area contributed by atoms with Crippen LogP contribution in [0.4, 0.5) is 14.9 Å². The predicted octanol–water partition coefficient (Wildman–Crippen LogP) is 0.0893. The van der Waals surface area contributed by atoms with Crippen molar-refractivity contribution in [3.05, 3.63) is 29.6 Å². The maximum Gasteiger partial charge on any atom is 0.407 e. The monoisotopic (exact) mass is 357 g/mol. The normalized spacial score (nSPS) is 19.4. The molecule has 24 heavy (non-hydrogen) atoms. The zero-order chi connectivity index (χ0) is 17.6. The van der Waals surface area contributed by atoms with E-state index in [0.29, 0.717) is 9.88 Å². The van der Waals surface area contributed by atoms with E-state index in [1.165, 1.54) is 12.1 Å². The molecule has 2 aliphatic rings. The van der Waals surface area contributed by atoms with Crippen molar-refractivity contribution < 1.29 is 32.6 Å². The summed E-state index contributed by atoms with van der Waals surface area (Å²) in [7, 11) is -4.29. The molecule has 0 aliphatic carbocycles. The van der Waals surface area contributed by atoms with E-state index >= 15 is 0 Å². The van der Waals surface area contributed by atoms with Gasteiger partial charge in [-0.2, -0.15) is 8.42 Å². The fourth-order valence-corrected chi connectivity index (χ4v) is 3.75. The molecular formula is C13H12FN3O6S. The van der Waals surface area contributed by atoms with Crippen molar-refractivity contribution in [3.8, 4) is 5.75 Å². The minimum Gasteiger partial charge on any atom is -0.506 e. The lowest BCUT2D eigenvalue weighted by atomic mass is 10.0. The number of aromatic hydroxyl groups is 1. The summed E-state index contributed by atoms with van der Waals surface area (Å²) < 4.78 is 40.7. The van der Waals surface area contributed by atoms with E-state index in [1.54, 1.807) is 4.72 Å². The molecule has 2 heterocycles. The molecule has 3 N–H and O–H groups in total. The summed E-state index contributed by atoms with van der Waals surface area (Å²) in [5, 5.41) is 18.8. The molecule has 0 atom stereocenters. The van der Waals surface area contributed by atoms with Crippen molar-refractivity contribution in [1.29, 1.82) is 0 Å². The molecule has 0 aromatic heterocycles. The first kappa shape index (κ1) is 16.1. The fourth-order valence-electron chi connectivity index (χ4n) is 2.58. The summed E-state index contributed by atoms with van der Waals surface area (Å²) in [5.74, 6) is -2.55. The number of phenolic OH excluding ortho intramolecular Hbond substituents is 1. The van der Waals surface area contributed by atoms with Crippen LogP contribution in [0.2, 0.25) is 0 Å². The van der Waals surface area contributed by atoms with Crippen molar-refractivity contribution in [3.63, 3.8) is 0 Å². The van der Waals surface area contributed by atoms with Crippen LogP contribution >= 0.6 is 0 Å². The SMILES string of the molecule is O=C1CN(c2c(O)ccc(C3=CCN(C(=O)O)C3)c2F)S(=O)(=O)N1. The lowest BCUT2D eigenvalue weighted by Crippen LogP contribution is -2.30. The lowest BCUT2D eigenvalue weighted by Gasteiger charge is -2.19. The van der Waals surface area contributed by atoms with Crippen molar-refractivity contribution in [2.24, 2.45) is 0 Å². The van der Waals surface area contributed by atoms with E-state index < -0.39 is 46.0 Å². The average Bonchev–Trinajstić information content (AvgIpc) is 3.04. The minimum absolute atomic E-state index is 0.0406. The third-order valence-electron chi connectivity index (χ3n) is 3.70. The van der Waals surface area contributed by atoms with Gasteiger partial charge in [0.1, 0.15) is 18.0 Å². The number of amides is 2. The van der Waals surface area contributed by atoms with Gasteiger partial charge in [-0.3, -0.25) is 4.79 Å². The Hall–Kier alpha value is -2.82. The van der Waals surface area contributed by atoms with Gasteiger partial charge in [-0.05, 0) is 17.7 Å². The van der Waals surface area contributed by atoms with Gasteiger partial charge in [0.05, 0.1) is 0 Å². The zero-order valence-electron chi connectivity index (χ0n) is 12.1. The Morgan fingerprint density at radius 2 is 2.00 bits per heavy atom. The summed E-state index contributed by atoms with van der Waals surface area (Å²) in [5.41, 5.74) is -0.353. The van der Waals surface area contributed by atoms with Gasteiger partial charge in [-0.25, -0.2) is 18.2 Å². The van der Waals surface area contributed by atoms with Crippen molar-refractivity contribution in [2.75, 3.05) is 23.9 Å². The predicted molar refractivity (Wildman–Crippen MR) is 80.0 cm³/mol. The van der Waals surface area contributed by atoms with E-state index in [9.17, 15) is 27.5 Å². The third kappa shape index (κ3) is 2.52. The summed E-state index contributed by atoms with van der Waals surface area (Å²) >= 11 is 0. The third-order valence-corrected chi connectivity index (χ3v) is 5.08. The minimum atomic E-state index is -4.29. The first-order valence-corrected chi connectivity index (χ1v) is 8.17. The maximum atomic E-state index is 14.8. The fraction of sp³-hybridized carbons (Fsp3) is 0.231. The molecule has 1 fully saturated rings. The second kappa shape index (κ2) is 5.37. The molecule has 3 rings (SSSR count). The zero-order valence-corrected chi connectivity index (χ0v) is 12.9.